The summed E-state index contributed by atoms with van der Waals surface area (Å²) in [5.74, 6) is 1.02. The second-order valence-corrected chi connectivity index (χ2v) is 10.9. The van der Waals surface area contributed by atoms with Crippen LogP contribution in [0.2, 0.25) is 0 Å². The zero-order valence-electron chi connectivity index (χ0n) is 18.8. The minimum Gasteiger partial charge on any atom is -0.379 e. The van der Waals surface area contributed by atoms with Gasteiger partial charge in [-0.05, 0) is 36.2 Å². The molecule has 178 valence electrons. The normalized spacial score (nSPS) is 15.3. The monoisotopic (exact) mass is 499 g/mol. The molecule has 2 aromatic carbocycles. The summed E-state index contributed by atoms with van der Waals surface area (Å²) in [6, 6.07) is 14.5. The highest BCUT2D eigenvalue weighted by atomic mass is 32.2. The van der Waals surface area contributed by atoms with Crippen molar-refractivity contribution in [2.75, 3.05) is 26.3 Å². The Kier molecular flexibility index (Phi) is 6.43. The molecule has 0 aliphatic carbocycles. The second-order valence-electron chi connectivity index (χ2n) is 8.04. The van der Waals surface area contributed by atoms with E-state index in [2.05, 4.69) is 10.2 Å². The van der Waals surface area contributed by atoms with Crippen LogP contribution in [-0.2, 0) is 27.1 Å². The van der Waals surface area contributed by atoms with Gasteiger partial charge in [-0.2, -0.15) is 4.31 Å². The highest BCUT2D eigenvalue weighted by Gasteiger charge is 2.26. The Bertz CT molecular complexity index is 1510. The molecule has 1 aliphatic heterocycles. The van der Waals surface area contributed by atoms with E-state index in [0.717, 1.165) is 17.5 Å². The van der Waals surface area contributed by atoms with E-state index in [0.29, 0.717) is 54.9 Å². The van der Waals surface area contributed by atoms with Crippen LogP contribution in [0.25, 0.3) is 16.7 Å². The van der Waals surface area contributed by atoms with Gasteiger partial charge in [-0.25, -0.2) is 8.42 Å². The van der Waals surface area contributed by atoms with Crippen molar-refractivity contribution >= 4 is 38.5 Å². The lowest BCUT2D eigenvalue weighted by Crippen LogP contribution is -2.40. The number of nitrogens with zero attached hydrogens (tertiary/aromatic N) is 5. The third kappa shape index (κ3) is 4.13. The molecule has 5 rings (SSSR count). The van der Waals surface area contributed by atoms with Gasteiger partial charge in [-0.1, -0.05) is 43.0 Å². The van der Waals surface area contributed by atoms with Gasteiger partial charge in [0.15, 0.2) is 5.16 Å². The highest BCUT2D eigenvalue weighted by Crippen LogP contribution is 2.26. The predicted molar refractivity (Wildman–Crippen MR) is 131 cm³/mol. The topological polar surface area (TPSA) is 98.8 Å². The maximum Gasteiger partial charge on any atom is 0.262 e. The van der Waals surface area contributed by atoms with Crippen LogP contribution in [0, 0.1) is 0 Å². The molecule has 0 N–H and O–H groups in total. The van der Waals surface area contributed by atoms with E-state index in [9.17, 15) is 13.2 Å². The molecule has 11 heteroatoms. The number of hydrogen-bond acceptors (Lipinski definition) is 7. The van der Waals surface area contributed by atoms with Crippen LogP contribution in [0.1, 0.15) is 18.9 Å². The van der Waals surface area contributed by atoms with Gasteiger partial charge in [-0.3, -0.25) is 13.8 Å². The summed E-state index contributed by atoms with van der Waals surface area (Å²) >= 11 is 1.46. The number of hydrogen-bond donors (Lipinski definition) is 0. The van der Waals surface area contributed by atoms with Crippen LogP contribution in [0.4, 0.5) is 0 Å². The first-order valence-corrected chi connectivity index (χ1v) is 13.6. The Morgan fingerprint density at radius 1 is 1.06 bits per heavy atom. The first-order chi connectivity index (χ1) is 16.5. The van der Waals surface area contributed by atoms with Crippen molar-refractivity contribution in [3.05, 3.63) is 64.4 Å². The fourth-order valence-corrected chi connectivity index (χ4v) is 6.49. The molecule has 34 heavy (non-hydrogen) atoms. The number of fused-ring (bicyclic) bond motifs is 3. The molecule has 1 saturated heterocycles. The van der Waals surface area contributed by atoms with Gasteiger partial charge in [0.2, 0.25) is 15.8 Å². The number of ether oxygens (including phenoxy) is 1. The van der Waals surface area contributed by atoms with E-state index in [1.165, 1.54) is 16.1 Å². The van der Waals surface area contributed by atoms with E-state index in [1.807, 2.05) is 41.7 Å². The van der Waals surface area contributed by atoms with Crippen molar-refractivity contribution in [2.45, 2.75) is 35.7 Å². The quantitative estimate of drug-likeness (QED) is 0.361. The highest BCUT2D eigenvalue weighted by molar-refractivity contribution is 7.98. The third-order valence-corrected chi connectivity index (χ3v) is 8.69. The molecular weight excluding hydrogens is 474 g/mol. The van der Waals surface area contributed by atoms with Crippen molar-refractivity contribution in [3.63, 3.8) is 0 Å². The summed E-state index contributed by atoms with van der Waals surface area (Å²) in [5, 5.41) is 9.95. The lowest BCUT2D eigenvalue weighted by Gasteiger charge is -2.26. The number of sulfonamides is 1. The largest absolute Gasteiger partial charge is 0.379 e. The second kappa shape index (κ2) is 9.49. The van der Waals surface area contributed by atoms with Crippen molar-refractivity contribution < 1.29 is 13.2 Å². The van der Waals surface area contributed by atoms with Gasteiger partial charge in [0.25, 0.3) is 5.56 Å². The average molecular weight is 500 g/mol. The van der Waals surface area contributed by atoms with Gasteiger partial charge in [-0.15, -0.1) is 10.2 Å². The molecule has 3 heterocycles. The molecule has 0 unspecified atom stereocenters. The third-order valence-electron chi connectivity index (χ3n) is 5.80. The van der Waals surface area contributed by atoms with E-state index in [-0.39, 0.29) is 10.5 Å². The van der Waals surface area contributed by atoms with Crippen LogP contribution in [0.15, 0.2) is 63.4 Å². The first kappa shape index (κ1) is 23.0. The van der Waals surface area contributed by atoms with Gasteiger partial charge in [0.1, 0.15) is 0 Å². The molecule has 0 atom stereocenters. The number of morpholine rings is 1. The summed E-state index contributed by atoms with van der Waals surface area (Å²) in [6.07, 6.45) is 0.799. The maximum atomic E-state index is 13.0. The Labute approximate surface area is 201 Å². The van der Waals surface area contributed by atoms with E-state index in [4.69, 9.17) is 4.74 Å². The SMILES string of the molecule is CCCn1c(=O)c2ccccc2n2c(SCc3cccc(S(=O)(=O)N4CCOCC4)c3)nnc12. The van der Waals surface area contributed by atoms with E-state index >= 15 is 0 Å². The van der Waals surface area contributed by atoms with Gasteiger partial charge < -0.3 is 4.74 Å². The number of para-hydroxylation sites is 1. The first-order valence-electron chi connectivity index (χ1n) is 11.2. The summed E-state index contributed by atoms with van der Waals surface area (Å²) < 4.78 is 36.4. The van der Waals surface area contributed by atoms with Gasteiger partial charge in [0, 0.05) is 25.4 Å². The van der Waals surface area contributed by atoms with Gasteiger partial charge in [0.05, 0.1) is 29.0 Å². The molecule has 0 spiro atoms. The minimum absolute atomic E-state index is 0.0741. The van der Waals surface area contributed by atoms with Crippen molar-refractivity contribution in [1.29, 1.82) is 0 Å². The van der Waals surface area contributed by atoms with Crippen LogP contribution in [0.3, 0.4) is 0 Å². The Hall–Kier alpha value is -2.73. The molecular formula is C23H25N5O4S2. The van der Waals surface area contributed by atoms with Crippen LogP contribution < -0.4 is 5.56 Å². The summed E-state index contributed by atoms with van der Waals surface area (Å²) in [4.78, 5) is 13.3. The predicted octanol–water partition coefficient (Wildman–Crippen LogP) is 2.77. The van der Waals surface area contributed by atoms with Crippen LogP contribution in [0.5, 0.6) is 0 Å². The minimum atomic E-state index is -3.56. The van der Waals surface area contributed by atoms with E-state index < -0.39 is 10.0 Å². The van der Waals surface area contributed by atoms with Crippen molar-refractivity contribution in [3.8, 4) is 0 Å². The summed E-state index contributed by atoms with van der Waals surface area (Å²) in [5.41, 5.74) is 1.54. The molecule has 4 aromatic rings. The molecule has 1 aliphatic rings. The Morgan fingerprint density at radius 2 is 1.85 bits per heavy atom. The number of rotatable bonds is 7. The maximum absolute atomic E-state index is 13.0. The zero-order chi connectivity index (χ0) is 23.7. The summed E-state index contributed by atoms with van der Waals surface area (Å²) in [7, 11) is -3.56. The van der Waals surface area contributed by atoms with E-state index in [1.54, 1.807) is 22.8 Å². The lowest BCUT2D eigenvalue weighted by atomic mass is 10.2. The number of benzene rings is 2. The molecule has 9 nitrogen and oxygen atoms in total. The Balaban J connectivity index is 1.47. The van der Waals surface area contributed by atoms with Gasteiger partial charge >= 0.3 is 0 Å². The van der Waals surface area contributed by atoms with Crippen LogP contribution >= 0.6 is 11.8 Å². The van der Waals surface area contributed by atoms with Crippen LogP contribution in [-0.4, -0.2) is 58.2 Å². The zero-order valence-corrected chi connectivity index (χ0v) is 20.4. The fourth-order valence-electron chi connectivity index (χ4n) is 4.13. The Morgan fingerprint density at radius 3 is 2.65 bits per heavy atom. The number of aromatic nitrogens is 4. The summed E-state index contributed by atoms with van der Waals surface area (Å²) in [6.45, 7) is 4.11. The fraction of sp³-hybridized carbons (Fsp3) is 0.348. The van der Waals surface area contributed by atoms with Crippen molar-refractivity contribution in [1.82, 2.24) is 23.5 Å². The molecule has 0 radical (unpaired) electrons. The molecule has 1 fully saturated rings. The van der Waals surface area contributed by atoms with Crippen molar-refractivity contribution in [2.24, 2.45) is 0 Å². The molecule has 0 saturated carbocycles. The lowest BCUT2D eigenvalue weighted by molar-refractivity contribution is 0.0730. The molecule has 0 amide bonds. The molecule has 2 aromatic heterocycles. The molecule has 0 bridgehead atoms. The average Bonchev–Trinajstić information content (AvgIpc) is 3.30. The number of aryl methyl sites for hydroxylation is 1. The smallest absolute Gasteiger partial charge is 0.262 e. The standard InChI is InChI=1S/C23H25N5O4S2/c1-2-10-27-21(29)19-8-3-4-9-20(19)28-22(27)24-25-23(28)33-16-17-6-5-7-18(15-17)34(30,31)26-11-13-32-14-12-26/h3-9,15H,2,10-14,16H2,1H3. The number of thioether (sulfide) groups is 1.